The highest BCUT2D eigenvalue weighted by Gasteiger charge is 2.42. The van der Waals surface area contributed by atoms with E-state index in [1.165, 1.54) is 31.2 Å². The van der Waals surface area contributed by atoms with Crippen LogP contribution in [-0.4, -0.2) is 77.1 Å². The number of nitrogens with zero attached hydrogens (tertiary/aromatic N) is 2. The Balaban J connectivity index is 1.52. The average Bonchev–Trinajstić information content (AvgIpc) is 3.18. The summed E-state index contributed by atoms with van der Waals surface area (Å²) < 4.78 is 73.1. The quantitative estimate of drug-likeness (QED) is 0.333. The summed E-state index contributed by atoms with van der Waals surface area (Å²) in [4.78, 5) is 6.94. The normalized spacial score (nSPS) is 22.3. The van der Waals surface area contributed by atoms with E-state index in [0.717, 1.165) is 5.56 Å². The lowest BCUT2D eigenvalue weighted by atomic mass is 9.87. The van der Waals surface area contributed by atoms with Crippen molar-refractivity contribution in [3.05, 3.63) is 64.6 Å². The fourth-order valence-corrected chi connectivity index (χ4v) is 5.81. The standard InChI is InChI=1S/C28H33F5N4O/c1-16-8-21-20-9-17(30)4-5-24(20)35-26(21)27(37(16)14-28(2,33)15-38)25-22(31)10-18(11-23(25)32)34-19-12-36(13-19)7-3-6-29/h4-5,9-11,16,19,27,34-35,38H,3,6-8,12-15H2,1-2H3/t16-,27-,28+/m0/s1. The van der Waals surface area contributed by atoms with Gasteiger partial charge < -0.3 is 15.4 Å². The van der Waals surface area contributed by atoms with Crippen LogP contribution >= 0.6 is 0 Å². The average molecular weight is 537 g/mol. The van der Waals surface area contributed by atoms with Gasteiger partial charge in [-0.2, -0.15) is 0 Å². The minimum Gasteiger partial charge on any atom is -0.393 e. The Bertz CT molecular complexity index is 1280. The predicted octanol–water partition coefficient (Wildman–Crippen LogP) is 5.10. The number of alkyl halides is 2. The number of aliphatic hydroxyl groups is 1. The summed E-state index contributed by atoms with van der Waals surface area (Å²) in [7, 11) is 0. The third-order valence-electron chi connectivity index (χ3n) is 7.70. The van der Waals surface area contributed by atoms with Crippen molar-refractivity contribution >= 4 is 16.6 Å². The molecule has 0 aliphatic carbocycles. The number of aliphatic hydroxyl groups excluding tert-OH is 1. The van der Waals surface area contributed by atoms with Crippen molar-refractivity contribution in [3.63, 3.8) is 0 Å². The number of H-pyrrole nitrogens is 1. The van der Waals surface area contributed by atoms with Gasteiger partial charge in [0.25, 0.3) is 0 Å². The number of anilines is 1. The number of benzene rings is 2. The Morgan fingerprint density at radius 3 is 2.50 bits per heavy atom. The van der Waals surface area contributed by atoms with Crippen molar-refractivity contribution < 1.29 is 27.1 Å². The molecule has 1 aromatic heterocycles. The van der Waals surface area contributed by atoms with Crippen LogP contribution in [0.4, 0.5) is 27.6 Å². The molecule has 0 saturated carbocycles. The molecule has 0 unspecified atom stereocenters. The number of hydrogen-bond acceptors (Lipinski definition) is 4. The first-order valence-electron chi connectivity index (χ1n) is 13.0. The first kappa shape index (κ1) is 26.9. The second-order valence-corrected chi connectivity index (χ2v) is 10.9. The summed E-state index contributed by atoms with van der Waals surface area (Å²) in [5.74, 6) is -1.99. The monoisotopic (exact) mass is 536 g/mol. The third-order valence-corrected chi connectivity index (χ3v) is 7.70. The highest BCUT2D eigenvalue weighted by atomic mass is 19.2. The fourth-order valence-electron chi connectivity index (χ4n) is 5.81. The van der Waals surface area contributed by atoms with E-state index >= 15 is 13.2 Å². The Kier molecular flexibility index (Phi) is 7.41. The first-order chi connectivity index (χ1) is 18.1. The van der Waals surface area contributed by atoms with Crippen LogP contribution in [0.5, 0.6) is 0 Å². The Labute approximate surface area is 218 Å². The molecule has 0 spiro atoms. The van der Waals surface area contributed by atoms with E-state index in [1.807, 2.05) is 6.92 Å². The van der Waals surface area contributed by atoms with Gasteiger partial charge in [-0.25, -0.2) is 17.6 Å². The highest BCUT2D eigenvalue weighted by Crippen LogP contribution is 2.43. The molecule has 10 heteroatoms. The van der Waals surface area contributed by atoms with Crippen LogP contribution in [-0.2, 0) is 6.42 Å². The van der Waals surface area contributed by atoms with Gasteiger partial charge in [0, 0.05) is 60.1 Å². The van der Waals surface area contributed by atoms with Crippen LogP contribution in [0, 0.1) is 17.5 Å². The topological polar surface area (TPSA) is 54.5 Å². The van der Waals surface area contributed by atoms with Gasteiger partial charge >= 0.3 is 0 Å². The number of rotatable bonds is 9. The summed E-state index contributed by atoms with van der Waals surface area (Å²) >= 11 is 0. The number of hydrogen-bond donors (Lipinski definition) is 3. The van der Waals surface area contributed by atoms with E-state index in [4.69, 9.17) is 0 Å². The van der Waals surface area contributed by atoms with Gasteiger partial charge in [0.1, 0.15) is 23.1 Å². The smallest absolute Gasteiger partial charge is 0.143 e. The van der Waals surface area contributed by atoms with Crippen molar-refractivity contribution in [2.45, 2.75) is 50.5 Å². The molecule has 0 radical (unpaired) electrons. The summed E-state index contributed by atoms with van der Waals surface area (Å²) in [6.45, 7) is 3.66. The lowest BCUT2D eigenvalue weighted by molar-refractivity contribution is 0.0162. The Morgan fingerprint density at radius 1 is 1.13 bits per heavy atom. The first-order valence-corrected chi connectivity index (χ1v) is 13.0. The van der Waals surface area contributed by atoms with E-state index in [-0.39, 0.29) is 30.9 Å². The molecule has 0 bridgehead atoms. The van der Waals surface area contributed by atoms with Crippen LogP contribution in [0.1, 0.15) is 43.1 Å². The van der Waals surface area contributed by atoms with Gasteiger partial charge in [-0.3, -0.25) is 14.2 Å². The molecule has 5 nitrogen and oxygen atoms in total. The zero-order valence-electron chi connectivity index (χ0n) is 21.5. The Morgan fingerprint density at radius 2 is 1.84 bits per heavy atom. The molecule has 2 aliphatic rings. The predicted molar refractivity (Wildman–Crippen MR) is 137 cm³/mol. The molecule has 3 atom stereocenters. The molecule has 1 fully saturated rings. The molecule has 2 aliphatic heterocycles. The third kappa shape index (κ3) is 5.13. The fraction of sp³-hybridized carbons (Fsp3) is 0.500. The van der Waals surface area contributed by atoms with Crippen molar-refractivity contribution in [2.24, 2.45) is 0 Å². The van der Waals surface area contributed by atoms with E-state index in [1.54, 1.807) is 11.0 Å². The number of likely N-dealkylation sites (tertiary alicyclic amines) is 1. The summed E-state index contributed by atoms with van der Waals surface area (Å²) in [6.07, 6.45) is 0.873. The molecule has 3 heterocycles. The number of fused-ring (bicyclic) bond motifs is 3. The minimum absolute atomic E-state index is 0.00234. The lowest BCUT2D eigenvalue weighted by Gasteiger charge is -2.43. The molecule has 3 aromatic rings. The molecule has 5 rings (SSSR count). The van der Waals surface area contributed by atoms with Gasteiger partial charge in [0.15, 0.2) is 0 Å². The lowest BCUT2D eigenvalue weighted by Crippen LogP contribution is -2.54. The zero-order chi connectivity index (χ0) is 27.2. The molecular formula is C28H33F5N4O. The van der Waals surface area contributed by atoms with E-state index in [9.17, 15) is 13.9 Å². The van der Waals surface area contributed by atoms with Gasteiger partial charge in [-0.05, 0) is 62.6 Å². The largest absolute Gasteiger partial charge is 0.393 e. The van der Waals surface area contributed by atoms with Crippen molar-refractivity contribution in [3.8, 4) is 0 Å². The maximum absolute atomic E-state index is 15.8. The van der Waals surface area contributed by atoms with Crippen LogP contribution in [0.3, 0.4) is 0 Å². The number of aromatic nitrogens is 1. The van der Waals surface area contributed by atoms with Crippen molar-refractivity contribution in [2.75, 3.05) is 44.8 Å². The molecule has 38 heavy (non-hydrogen) atoms. The second-order valence-electron chi connectivity index (χ2n) is 10.9. The second kappa shape index (κ2) is 10.5. The summed E-state index contributed by atoms with van der Waals surface area (Å²) in [6, 6.07) is 5.40. The summed E-state index contributed by atoms with van der Waals surface area (Å²) in [5, 5.41) is 13.4. The van der Waals surface area contributed by atoms with E-state index in [2.05, 4.69) is 15.2 Å². The van der Waals surface area contributed by atoms with Crippen LogP contribution in [0.2, 0.25) is 0 Å². The minimum atomic E-state index is -2.01. The highest BCUT2D eigenvalue weighted by molar-refractivity contribution is 5.85. The van der Waals surface area contributed by atoms with Crippen molar-refractivity contribution in [1.82, 2.24) is 14.8 Å². The molecule has 1 saturated heterocycles. The molecule has 0 amide bonds. The van der Waals surface area contributed by atoms with E-state index < -0.39 is 35.8 Å². The Hall–Kier alpha value is -2.69. The molecule has 3 N–H and O–H groups in total. The molecule has 206 valence electrons. The number of nitrogens with one attached hydrogen (secondary N) is 2. The van der Waals surface area contributed by atoms with Crippen LogP contribution < -0.4 is 5.32 Å². The van der Waals surface area contributed by atoms with Gasteiger partial charge in [-0.15, -0.1) is 0 Å². The maximum atomic E-state index is 15.8. The SMILES string of the molecule is C[C@H]1Cc2c([nH]c3ccc(F)cc23)[C@H](c2c(F)cc(NC3CN(CCCF)C3)cc2F)N1C[C@@](C)(F)CO. The number of aromatic amines is 1. The maximum Gasteiger partial charge on any atom is 0.143 e. The van der Waals surface area contributed by atoms with E-state index in [0.29, 0.717) is 54.8 Å². The van der Waals surface area contributed by atoms with Crippen LogP contribution in [0.25, 0.3) is 10.9 Å². The summed E-state index contributed by atoms with van der Waals surface area (Å²) in [5.41, 5.74) is -0.0993. The number of halogens is 5. The molecular weight excluding hydrogens is 503 g/mol. The molecule has 2 aromatic carbocycles. The van der Waals surface area contributed by atoms with Gasteiger partial charge in [0.05, 0.1) is 25.4 Å². The zero-order valence-corrected chi connectivity index (χ0v) is 21.5. The van der Waals surface area contributed by atoms with Crippen molar-refractivity contribution in [1.29, 1.82) is 0 Å². The van der Waals surface area contributed by atoms with Gasteiger partial charge in [0.2, 0.25) is 0 Å². The van der Waals surface area contributed by atoms with Crippen LogP contribution in [0.15, 0.2) is 30.3 Å². The van der Waals surface area contributed by atoms with Gasteiger partial charge in [-0.1, -0.05) is 0 Å².